The highest BCUT2D eigenvalue weighted by atomic mass is 19.1. The number of hydrogen-bond donors (Lipinski definition) is 4. The van der Waals surface area contributed by atoms with Crippen molar-refractivity contribution in [3.63, 3.8) is 0 Å². The highest BCUT2D eigenvalue weighted by Gasteiger charge is 2.08. The molecule has 0 spiro atoms. The van der Waals surface area contributed by atoms with Crippen LogP contribution in [0.1, 0.15) is 0 Å². The van der Waals surface area contributed by atoms with Crippen LogP contribution >= 0.6 is 0 Å². The number of rotatable bonds is 4. The lowest BCUT2D eigenvalue weighted by atomic mass is 10.3. The van der Waals surface area contributed by atoms with Crippen molar-refractivity contribution in [3.8, 4) is 0 Å². The number of aromatic nitrogens is 2. The van der Waals surface area contributed by atoms with Gasteiger partial charge in [0.05, 0.1) is 25.5 Å². The molecule has 1 aromatic heterocycles. The zero-order chi connectivity index (χ0) is 10.6. The average Bonchev–Trinajstić information content (AvgIpc) is 2.19. The van der Waals surface area contributed by atoms with Crippen LogP contribution in [0.25, 0.3) is 0 Å². The Morgan fingerprint density at radius 1 is 1.50 bits per heavy atom. The molecule has 0 saturated heterocycles. The van der Waals surface area contributed by atoms with E-state index >= 15 is 0 Å². The van der Waals surface area contributed by atoms with Gasteiger partial charge in [-0.15, -0.1) is 0 Å². The average molecular weight is 202 g/mol. The molecule has 14 heavy (non-hydrogen) atoms. The van der Waals surface area contributed by atoms with E-state index in [1.165, 1.54) is 0 Å². The molecular formula is C7H11FN4O2. The van der Waals surface area contributed by atoms with Crippen molar-refractivity contribution >= 4 is 11.8 Å². The summed E-state index contributed by atoms with van der Waals surface area (Å²) in [5.41, 5.74) is 5.19. The Morgan fingerprint density at radius 2 is 2.14 bits per heavy atom. The highest BCUT2D eigenvalue weighted by molar-refractivity contribution is 5.37. The molecule has 0 unspecified atom stereocenters. The van der Waals surface area contributed by atoms with Gasteiger partial charge in [-0.05, 0) is 0 Å². The van der Waals surface area contributed by atoms with Crippen molar-refractivity contribution in [1.29, 1.82) is 0 Å². The monoisotopic (exact) mass is 202 g/mol. The van der Waals surface area contributed by atoms with Crippen LogP contribution in [0.2, 0.25) is 0 Å². The summed E-state index contributed by atoms with van der Waals surface area (Å²) in [5.74, 6) is -0.922. The van der Waals surface area contributed by atoms with Gasteiger partial charge in [0.1, 0.15) is 0 Å². The zero-order valence-corrected chi connectivity index (χ0v) is 7.31. The maximum Gasteiger partial charge on any atom is 0.225 e. The summed E-state index contributed by atoms with van der Waals surface area (Å²) in [7, 11) is 0. The van der Waals surface area contributed by atoms with E-state index in [1.54, 1.807) is 0 Å². The second-order valence-corrected chi connectivity index (χ2v) is 2.63. The van der Waals surface area contributed by atoms with E-state index in [0.717, 1.165) is 6.20 Å². The molecular weight excluding hydrogens is 191 g/mol. The Labute approximate surface area is 79.6 Å². The van der Waals surface area contributed by atoms with Gasteiger partial charge >= 0.3 is 0 Å². The number of aliphatic hydroxyl groups excluding tert-OH is 2. The van der Waals surface area contributed by atoms with Crippen LogP contribution in [0.15, 0.2) is 6.20 Å². The van der Waals surface area contributed by atoms with Crippen molar-refractivity contribution in [3.05, 3.63) is 12.0 Å². The minimum absolute atomic E-state index is 0.0667. The fraction of sp³-hybridized carbons (Fsp3) is 0.429. The summed E-state index contributed by atoms with van der Waals surface area (Å²) in [6.07, 6.45) is 0.913. The number of hydrogen-bond acceptors (Lipinski definition) is 6. The Bertz CT molecular complexity index is 306. The first-order valence-electron chi connectivity index (χ1n) is 3.93. The molecule has 0 aliphatic heterocycles. The molecule has 0 radical (unpaired) electrons. The SMILES string of the molecule is Nc1nc(NC(CO)CO)ncc1F. The van der Waals surface area contributed by atoms with E-state index in [0.29, 0.717) is 0 Å². The van der Waals surface area contributed by atoms with Gasteiger partial charge in [-0.3, -0.25) is 0 Å². The van der Waals surface area contributed by atoms with Crippen molar-refractivity contribution in [2.75, 3.05) is 24.3 Å². The quantitative estimate of drug-likeness (QED) is 0.497. The molecule has 0 atom stereocenters. The van der Waals surface area contributed by atoms with Crippen LogP contribution in [0.5, 0.6) is 0 Å². The van der Waals surface area contributed by atoms with E-state index in [-0.39, 0.29) is 25.0 Å². The van der Waals surface area contributed by atoms with Gasteiger partial charge in [0, 0.05) is 0 Å². The molecule has 0 aliphatic rings. The fourth-order valence-electron chi connectivity index (χ4n) is 0.781. The number of aliphatic hydroxyl groups is 2. The summed E-state index contributed by atoms with van der Waals surface area (Å²) in [6, 6.07) is -0.583. The van der Waals surface area contributed by atoms with Gasteiger partial charge < -0.3 is 21.3 Å². The summed E-state index contributed by atoms with van der Waals surface area (Å²) in [5, 5.41) is 20.0. The minimum Gasteiger partial charge on any atom is -0.394 e. The normalized spacial score (nSPS) is 10.6. The summed E-state index contributed by atoms with van der Waals surface area (Å²) in [4.78, 5) is 7.14. The third-order valence-electron chi connectivity index (χ3n) is 1.55. The molecule has 0 fully saturated rings. The van der Waals surface area contributed by atoms with Crippen LogP contribution < -0.4 is 11.1 Å². The van der Waals surface area contributed by atoms with Crippen LogP contribution in [0, 0.1) is 5.82 Å². The lowest BCUT2D eigenvalue weighted by Crippen LogP contribution is -2.28. The Kier molecular flexibility index (Phi) is 3.55. The minimum atomic E-state index is -0.708. The third-order valence-corrected chi connectivity index (χ3v) is 1.55. The number of anilines is 2. The lowest BCUT2D eigenvalue weighted by Gasteiger charge is -2.12. The van der Waals surface area contributed by atoms with E-state index < -0.39 is 11.9 Å². The largest absolute Gasteiger partial charge is 0.394 e. The predicted octanol–water partition coefficient (Wildman–Crippen LogP) is -1.04. The molecule has 1 aromatic rings. The molecule has 0 amide bonds. The van der Waals surface area contributed by atoms with Gasteiger partial charge in [-0.25, -0.2) is 9.37 Å². The first-order valence-corrected chi connectivity index (χ1v) is 3.93. The molecule has 1 heterocycles. The second kappa shape index (κ2) is 4.68. The number of nitrogens with two attached hydrogens (primary N) is 1. The molecule has 0 aromatic carbocycles. The van der Waals surface area contributed by atoms with Gasteiger partial charge in [0.2, 0.25) is 5.95 Å². The maximum atomic E-state index is 12.6. The fourth-order valence-corrected chi connectivity index (χ4v) is 0.781. The molecule has 5 N–H and O–H groups in total. The first kappa shape index (κ1) is 10.6. The van der Waals surface area contributed by atoms with Crippen molar-refractivity contribution in [2.45, 2.75) is 6.04 Å². The Balaban J connectivity index is 2.72. The summed E-state index contributed by atoms with van der Waals surface area (Å²) >= 11 is 0. The van der Waals surface area contributed by atoms with Gasteiger partial charge in [0.15, 0.2) is 11.6 Å². The highest BCUT2D eigenvalue weighted by Crippen LogP contribution is 2.07. The van der Waals surface area contributed by atoms with Crippen molar-refractivity contribution < 1.29 is 14.6 Å². The number of halogens is 1. The standard InChI is InChI=1S/C7H11FN4O2/c8-5-1-10-7(12-6(5)9)11-4(2-13)3-14/h1,4,13-14H,2-3H2,(H3,9,10,11,12). The number of nitrogens with one attached hydrogen (secondary N) is 1. The van der Waals surface area contributed by atoms with E-state index in [1.807, 2.05) is 0 Å². The summed E-state index contributed by atoms with van der Waals surface area (Å²) < 4.78 is 12.6. The summed E-state index contributed by atoms with van der Waals surface area (Å²) in [6.45, 7) is -0.561. The van der Waals surface area contributed by atoms with E-state index in [4.69, 9.17) is 15.9 Å². The van der Waals surface area contributed by atoms with Gasteiger partial charge in [-0.1, -0.05) is 0 Å². The molecule has 1 rings (SSSR count). The van der Waals surface area contributed by atoms with Gasteiger partial charge in [0.25, 0.3) is 0 Å². The topological polar surface area (TPSA) is 104 Å². The zero-order valence-electron chi connectivity index (χ0n) is 7.31. The molecule has 7 heteroatoms. The van der Waals surface area contributed by atoms with Crippen LogP contribution in [-0.4, -0.2) is 39.4 Å². The molecule has 6 nitrogen and oxygen atoms in total. The maximum absolute atomic E-state index is 12.6. The number of nitrogen functional groups attached to an aromatic ring is 1. The second-order valence-electron chi connectivity index (χ2n) is 2.63. The smallest absolute Gasteiger partial charge is 0.225 e. The van der Waals surface area contributed by atoms with Crippen LogP contribution in [0.3, 0.4) is 0 Å². The van der Waals surface area contributed by atoms with Crippen LogP contribution in [-0.2, 0) is 0 Å². The van der Waals surface area contributed by atoms with Crippen molar-refractivity contribution in [1.82, 2.24) is 9.97 Å². The molecule has 0 bridgehead atoms. The predicted molar refractivity (Wildman–Crippen MR) is 48.0 cm³/mol. The molecule has 0 aliphatic carbocycles. The Morgan fingerprint density at radius 3 is 2.64 bits per heavy atom. The molecule has 78 valence electrons. The number of nitrogens with zero attached hydrogens (tertiary/aromatic N) is 2. The first-order chi connectivity index (χ1) is 6.67. The third kappa shape index (κ3) is 2.51. The van der Waals surface area contributed by atoms with Crippen molar-refractivity contribution in [2.24, 2.45) is 0 Å². The molecule has 0 saturated carbocycles. The lowest BCUT2D eigenvalue weighted by molar-refractivity contribution is 0.203. The van der Waals surface area contributed by atoms with Crippen LogP contribution in [0.4, 0.5) is 16.2 Å². The van der Waals surface area contributed by atoms with Gasteiger partial charge in [-0.2, -0.15) is 4.98 Å². The Hall–Kier alpha value is -1.47. The van der Waals surface area contributed by atoms with E-state index in [2.05, 4.69) is 15.3 Å². The van der Waals surface area contributed by atoms with E-state index in [9.17, 15) is 4.39 Å².